The summed E-state index contributed by atoms with van der Waals surface area (Å²) in [7, 11) is 1.61. The van der Waals surface area contributed by atoms with Crippen molar-refractivity contribution in [2.45, 2.75) is 25.9 Å². The van der Waals surface area contributed by atoms with E-state index in [1.165, 1.54) is 0 Å². The predicted octanol–water partition coefficient (Wildman–Crippen LogP) is 1.28. The molecule has 0 aliphatic carbocycles. The standard InChI is InChI=1S/C11H23NO2/c1-4-6-8-12(7-5-2)9-11(13)10-14-3/h4,11,13H,1,5-10H2,2-3H3. The first kappa shape index (κ1) is 13.6. The fourth-order valence-corrected chi connectivity index (χ4v) is 1.43. The van der Waals surface area contributed by atoms with Crippen LogP contribution in [0.25, 0.3) is 0 Å². The molecule has 1 unspecified atom stereocenters. The number of methoxy groups -OCH3 is 1. The van der Waals surface area contributed by atoms with Crippen LogP contribution in [0.2, 0.25) is 0 Å². The zero-order valence-corrected chi connectivity index (χ0v) is 9.41. The van der Waals surface area contributed by atoms with Gasteiger partial charge in [-0.05, 0) is 19.4 Å². The first-order chi connectivity index (χ1) is 6.74. The average Bonchev–Trinajstić information content (AvgIpc) is 2.15. The molecule has 3 nitrogen and oxygen atoms in total. The molecule has 0 aliphatic rings. The lowest BCUT2D eigenvalue weighted by Crippen LogP contribution is -2.35. The van der Waals surface area contributed by atoms with Crippen molar-refractivity contribution in [3.05, 3.63) is 12.7 Å². The lowest BCUT2D eigenvalue weighted by atomic mass is 10.3. The molecule has 0 aliphatic heterocycles. The molecule has 0 spiro atoms. The van der Waals surface area contributed by atoms with Gasteiger partial charge >= 0.3 is 0 Å². The quantitative estimate of drug-likeness (QED) is 0.570. The van der Waals surface area contributed by atoms with Crippen LogP contribution >= 0.6 is 0 Å². The second-order valence-corrected chi connectivity index (χ2v) is 3.49. The molecule has 0 heterocycles. The molecule has 0 fully saturated rings. The normalized spacial score (nSPS) is 13.1. The minimum Gasteiger partial charge on any atom is -0.389 e. The monoisotopic (exact) mass is 201 g/mol. The van der Waals surface area contributed by atoms with Crippen molar-refractivity contribution in [2.24, 2.45) is 0 Å². The first-order valence-electron chi connectivity index (χ1n) is 5.24. The van der Waals surface area contributed by atoms with Gasteiger partial charge in [0.05, 0.1) is 12.7 Å². The largest absolute Gasteiger partial charge is 0.389 e. The summed E-state index contributed by atoms with van der Waals surface area (Å²) in [5.74, 6) is 0. The summed E-state index contributed by atoms with van der Waals surface area (Å²) in [5, 5.41) is 9.55. The molecule has 0 aromatic heterocycles. The molecule has 1 N–H and O–H groups in total. The van der Waals surface area contributed by atoms with Gasteiger partial charge in [-0.25, -0.2) is 0 Å². The smallest absolute Gasteiger partial charge is 0.0900 e. The number of ether oxygens (including phenoxy) is 1. The molecule has 3 heteroatoms. The third kappa shape index (κ3) is 7.06. The van der Waals surface area contributed by atoms with E-state index >= 15 is 0 Å². The van der Waals surface area contributed by atoms with Crippen LogP contribution in [-0.4, -0.2) is 49.5 Å². The highest BCUT2D eigenvalue weighted by Crippen LogP contribution is 1.98. The Morgan fingerprint density at radius 2 is 2.21 bits per heavy atom. The maximum atomic E-state index is 9.55. The predicted molar refractivity (Wildman–Crippen MR) is 59.4 cm³/mol. The van der Waals surface area contributed by atoms with Crippen LogP contribution in [-0.2, 0) is 4.74 Å². The van der Waals surface area contributed by atoms with Gasteiger partial charge in [0.25, 0.3) is 0 Å². The van der Waals surface area contributed by atoms with E-state index in [-0.39, 0.29) is 6.10 Å². The second-order valence-electron chi connectivity index (χ2n) is 3.49. The zero-order chi connectivity index (χ0) is 10.8. The molecule has 0 aromatic rings. The minimum atomic E-state index is -0.378. The zero-order valence-electron chi connectivity index (χ0n) is 9.41. The Kier molecular flexibility index (Phi) is 8.94. The van der Waals surface area contributed by atoms with Gasteiger partial charge in [-0.1, -0.05) is 13.0 Å². The molecule has 84 valence electrons. The molecule has 0 saturated heterocycles. The van der Waals surface area contributed by atoms with Gasteiger partial charge in [0.15, 0.2) is 0 Å². The number of rotatable bonds is 9. The van der Waals surface area contributed by atoms with Crippen molar-refractivity contribution in [3.63, 3.8) is 0 Å². The molecular weight excluding hydrogens is 178 g/mol. The van der Waals surface area contributed by atoms with Crippen molar-refractivity contribution in [1.29, 1.82) is 0 Å². The van der Waals surface area contributed by atoms with Crippen molar-refractivity contribution in [1.82, 2.24) is 4.90 Å². The van der Waals surface area contributed by atoms with Crippen molar-refractivity contribution < 1.29 is 9.84 Å². The topological polar surface area (TPSA) is 32.7 Å². The van der Waals surface area contributed by atoms with E-state index in [0.717, 1.165) is 25.9 Å². The Hall–Kier alpha value is -0.380. The summed E-state index contributed by atoms with van der Waals surface area (Å²) in [4.78, 5) is 2.24. The van der Waals surface area contributed by atoms with Gasteiger partial charge in [-0.2, -0.15) is 0 Å². The van der Waals surface area contributed by atoms with Crippen LogP contribution < -0.4 is 0 Å². The Bertz CT molecular complexity index is 139. The molecular formula is C11H23NO2. The van der Waals surface area contributed by atoms with Gasteiger partial charge in [0, 0.05) is 20.2 Å². The van der Waals surface area contributed by atoms with Gasteiger partial charge in [-0.15, -0.1) is 6.58 Å². The fourth-order valence-electron chi connectivity index (χ4n) is 1.43. The van der Waals surface area contributed by atoms with Crippen LogP contribution in [0.15, 0.2) is 12.7 Å². The summed E-state index contributed by atoms with van der Waals surface area (Å²) < 4.78 is 4.89. The average molecular weight is 201 g/mol. The SMILES string of the molecule is C=CCCN(CCC)CC(O)COC. The molecule has 0 aromatic carbocycles. The Balaban J connectivity index is 3.75. The lowest BCUT2D eigenvalue weighted by molar-refractivity contribution is 0.0380. The minimum absolute atomic E-state index is 0.378. The Morgan fingerprint density at radius 1 is 1.50 bits per heavy atom. The second kappa shape index (κ2) is 9.19. The van der Waals surface area contributed by atoms with E-state index in [1.807, 2.05) is 6.08 Å². The van der Waals surface area contributed by atoms with Gasteiger partial charge in [0.2, 0.25) is 0 Å². The summed E-state index contributed by atoms with van der Waals surface area (Å²) in [6.45, 7) is 8.93. The van der Waals surface area contributed by atoms with Crippen molar-refractivity contribution in [3.8, 4) is 0 Å². The van der Waals surface area contributed by atoms with E-state index in [0.29, 0.717) is 13.2 Å². The van der Waals surface area contributed by atoms with Gasteiger partial charge in [-0.3, -0.25) is 0 Å². The maximum absolute atomic E-state index is 9.55. The molecule has 0 saturated carbocycles. The summed E-state index contributed by atoms with van der Waals surface area (Å²) in [5.41, 5.74) is 0. The van der Waals surface area contributed by atoms with E-state index in [1.54, 1.807) is 7.11 Å². The van der Waals surface area contributed by atoms with Gasteiger partial charge in [0.1, 0.15) is 0 Å². The summed E-state index contributed by atoms with van der Waals surface area (Å²) >= 11 is 0. The highest BCUT2D eigenvalue weighted by molar-refractivity contribution is 4.71. The number of hydrogen-bond donors (Lipinski definition) is 1. The third-order valence-electron chi connectivity index (χ3n) is 2.02. The first-order valence-corrected chi connectivity index (χ1v) is 5.24. The van der Waals surface area contributed by atoms with Crippen LogP contribution in [0.3, 0.4) is 0 Å². The van der Waals surface area contributed by atoms with E-state index in [9.17, 15) is 5.11 Å². The van der Waals surface area contributed by atoms with E-state index < -0.39 is 0 Å². The summed E-state index contributed by atoms with van der Waals surface area (Å²) in [6, 6.07) is 0. The molecule has 0 rings (SSSR count). The third-order valence-corrected chi connectivity index (χ3v) is 2.02. The van der Waals surface area contributed by atoms with E-state index in [2.05, 4.69) is 18.4 Å². The number of hydrogen-bond acceptors (Lipinski definition) is 3. The van der Waals surface area contributed by atoms with Gasteiger partial charge < -0.3 is 14.7 Å². The number of nitrogens with zero attached hydrogens (tertiary/aromatic N) is 1. The van der Waals surface area contributed by atoms with Crippen LogP contribution in [0, 0.1) is 0 Å². The van der Waals surface area contributed by atoms with Crippen LogP contribution in [0.4, 0.5) is 0 Å². The van der Waals surface area contributed by atoms with E-state index in [4.69, 9.17) is 4.74 Å². The molecule has 0 amide bonds. The number of aliphatic hydroxyl groups excluding tert-OH is 1. The molecule has 1 atom stereocenters. The highest BCUT2D eigenvalue weighted by Gasteiger charge is 2.09. The van der Waals surface area contributed by atoms with Crippen molar-refractivity contribution >= 4 is 0 Å². The fraction of sp³-hybridized carbons (Fsp3) is 0.818. The number of aliphatic hydroxyl groups is 1. The van der Waals surface area contributed by atoms with Crippen LogP contribution in [0.5, 0.6) is 0 Å². The molecule has 14 heavy (non-hydrogen) atoms. The van der Waals surface area contributed by atoms with Crippen molar-refractivity contribution in [2.75, 3.05) is 33.4 Å². The highest BCUT2D eigenvalue weighted by atomic mass is 16.5. The maximum Gasteiger partial charge on any atom is 0.0900 e. The lowest BCUT2D eigenvalue weighted by Gasteiger charge is -2.23. The molecule has 0 radical (unpaired) electrons. The molecule has 0 bridgehead atoms. The summed E-state index contributed by atoms with van der Waals surface area (Å²) in [6.07, 6.45) is 3.61. The van der Waals surface area contributed by atoms with Crippen LogP contribution in [0.1, 0.15) is 19.8 Å². The Labute approximate surface area is 87.4 Å². The Morgan fingerprint density at radius 3 is 2.71 bits per heavy atom.